The van der Waals surface area contributed by atoms with Crippen molar-refractivity contribution in [2.45, 2.75) is 37.3 Å². The van der Waals surface area contributed by atoms with E-state index in [0.29, 0.717) is 58.9 Å². The average molecular weight is 453 g/mol. The number of amides is 1. The lowest BCUT2D eigenvalue weighted by Gasteiger charge is -2.25. The summed E-state index contributed by atoms with van der Waals surface area (Å²) in [5, 5.41) is 12.9. The first-order valence-corrected chi connectivity index (χ1v) is 10.5. The lowest BCUT2D eigenvalue weighted by atomic mass is 9.95. The van der Waals surface area contributed by atoms with E-state index in [4.69, 9.17) is 14.5 Å². The summed E-state index contributed by atoms with van der Waals surface area (Å²) in [5.41, 5.74) is 1.63. The molecule has 8 nitrogen and oxygen atoms in total. The predicted molar refractivity (Wildman–Crippen MR) is 115 cm³/mol. The second-order valence-electron chi connectivity index (χ2n) is 8.44. The lowest BCUT2D eigenvalue weighted by Crippen LogP contribution is -2.30. The smallest absolute Gasteiger partial charge is 0.270 e. The van der Waals surface area contributed by atoms with Crippen molar-refractivity contribution in [2.24, 2.45) is 0 Å². The summed E-state index contributed by atoms with van der Waals surface area (Å²) in [6.07, 6.45) is 3.41. The minimum Gasteiger partial charge on any atom is -0.378 e. The van der Waals surface area contributed by atoms with Gasteiger partial charge < -0.3 is 19.4 Å². The monoisotopic (exact) mass is 453 g/mol. The summed E-state index contributed by atoms with van der Waals surface area (Å²) < 4.78 is 40.7. The van der Waals surface area contributed by atoms with Crippen LogP contribution in [0, 0.1) is 11.3 Å². The molecule has 1 N–H and O–H groups in total. The maximum atomic E-state index is 14.0. The molecule has 0 bridgehead atoms. The number of nitrogens with zero attached hydrogens (tertiary/aromatic N) is 4. The molecule has 5 rings (SSSR count). The zero-order valence-corrected chi connectivity index (χ0v) is 18.1. The van der Waals surface area contributed by atoms with E-state index in [0.717, 1.165) is 0 Å². The van der Waals surface area contributed by atoms with Crippen molar-refractivity contribution in [3.8, 4) is 17.3 Å². The molecule has 170 valence electrons. The van der Waals surface area contributed by atoms with E-state index < -0.39 is 17.6 Å². The molecule has 4 heterocycles. The van der Waals surface area contributed by atoms with E-state index in [1.165, 1.54) is 17.7 Å². The number of hydrogen-bond donors (Lipinski definition) is 1. The summed E-state index contributed by atoms with van der Waals surface area (Å²) in [5.74, 6) is -2.80. The van der Waals surface area contributed by atoms with Gasteiger partial charge in [-0.1, -0.05) is 0 Å². The third-order valence-electron chi connectivity index (χ3n) is 6.23. The zero-order chi connectivity index (χ0) is 23.4. The Morgan fingerprint density at radius 3 is 2.79 bits per heavy atom. The number of nitrogens with one attached hydrogen (secondary N) is 1. The van der Waals surface area contributed by atoms with E-state index in [9.17, 15) is 18.8 Å². The summed E-state index contributed by atoms with van der Waals surface area (Å²) >= 11 is 0. The number of ether oxygens (including phenoxy) is 2. The maximum absolute atomic E-state index is 14.0. The lowest BCUT2D eigenvalue weighted by molar-refractivity contribution is -0.114. The number of halogens is 2. The highest BCUT2D eigenvalue weighted by atomic mass is 19.3. The zero-order valence-electron chi connectivity index (χ0n) is 18.1. The fourth-order valence-electron chi connectivity index (χ4n) is 4.34. The van der Waals surface area contributed by atoms with Gasteiger partial charge in [-0.25, -0.2) is 18.7 Å². The molecule has 10 heteroatoms. The Labute approximate surface area is 188 Å². The Bertz CT molecular complexity index is 1310. The molecular weight excluding hydrogens is 432 g/mol. The first kappa shape index (κ1) is 21.4. The molecule has 0 radical (unpaired) electrons. The summed E-state index contributed by atoms with van der Waals surface area (Å²) in [6.45, 7) is 2.17. The topological polar surface area (TPSA) is 102 Å². The van der Waals surface area contributed by atoms with Crippen molar-refractivity contribution in [2.75, 3.05) is 25.6 Å². The van der Waals surface area contributed by atoms with Crippen LogP contribution in [0.25, 0.3) is 22.2 Å². The van der Waals surface area contributed by atoms with Gasteiger partial charge in [0, 0.05) is 50.6 Å². The van der Waals surface area contributed by atoms with Gasteiger partial charge in [-0.05, 0) is 18.2 Å². The highest BCUT2D eigenvalue weighted by Crippen LogP contribution is 2.54. The van der Waals surface area contributed by atoms with Crippen molar-refractivity contribution in [3.63, 3.8) is 0 Å². The number of aromatic nitrogens is 3. The molecule has 0 aromatic carbocycles. The molecule has 1 amide bonds. The molecule has 1 saturated heterocycles. The number of carbonyl (C=O) groups is 1. The van der Waals surface area contributed by atoms with Gasteiger partial charge in [0.2, 0.25) is 5.91 Å². The molecule has 3 aromatic rings. The molecule has 2 aliphatic rings. The van der Waals surface area contributed by atoms with Crippen molar-refractivity contribution < 1.29 is 23.0 Å². The van der Waals surface area contributed by atoms with Crippen molar-refractivity contribution in [1.82, 2.24) is 14.5 Å². The molecule has 2 atom stereocenters. The van der Waals surface area contributed by atoms with Gasteiger partial charge in [0.25, 0.3) is 5.92 Å². The normalized spacial score (nSPS) is 23.4. The van der Waals surface area contributed by atoms with Crippen LogP contribution in [0.3, 0.4) is 0 Å². The number of nitriles is 1. The molecule has 3 aromatic heterocycles. The quantitative estimate of drug-likeness (QED) is 0.631. The number of anilines is 1. The summed E-state index contributed by atoms with van der Waals surface area (Å²) in [7, 11) is 1.57. The van der Waals surface area contributed by atoms with Gasteiger partial charge in [0.05, 0.1) is 41.3 Å². The van der Waals surface area contributed by atoms with Crippen LogP contribution >= 0.6 is 0 Å². The fraction of sp³-hybridized carbons (Fsp3) is 0.391. The maximum Gasteiger partial charge on any atom is 0.270 e. The first-order chi connectivity index (χ1) is 15.8. The van der Waals surface area contributed by atoms with E-state index in [1.54, 1.807) is 31.5 Å². The fourth-order valence-corrected chi connectivity index (χ4v) is 4.34. The Balaban J connectivity index is 1.71. The van der Waals surface area contributed by atoms with Gasteiger partial charge in [0.1, 0.15) is 17.5 Å². The molecule has 1 aliphatic carbocycles. The second kappa shape index (κ2) is 7.57. The van der Waals surface area contributed by atoms with Gasteiger partial charge >= 0.3 is 0 Å². The van der Waals surface area contributed by atoms with Gasteiger partial charge in [-0.3, -0.25) is 4.79 Å². The van der Waals surface area contributed by atoms with Crippen LogP contribution < -0.4 is 5.32 Å². The second-order valence-corrected chi connectivity index (χ2v) is 8.44. The molecule has 1 aliphatic heterocycles. The Morgan fingerprint density at radius 2 is 2.18 bits per heavy atom. The van der Waals surface area contributed by atoms with Gasteiger partial charge in [-0.15, -0.1) is 0 Å². The first-order valence-electron chi connectivity index (χ1n) is 10.5. The number of alkyl halides is 2. The van der Waals surface area contributed by atoms with Crippen LogP contribution in [0.1, 0.15) is 37.1 Å². The number of methoxy groups -OCH3 is 1. The number of carbonyl (C=O) groups excluding carboxylic acids is 1. The molecule has 33 heavy (non-hydrogen) atoms. The predicted octanol–water partition coefficient (Wildman–Crippen LogP) is 3.77. The largest absolute Gasteiger partial charge is 0.378 e. The third kappa shape index (κ3) is 3.63. The molecule has 2 fully saturated rings. The van der Waals surface area contributed by atoms with E-state index in [1.807, 2.05) is 0 Å². The molecule has 0 spiro atoms. The number of rotatable bonds is 5. The molecule has 1 saturated carbocycles. The van der Waals surface area contributed by atoms with Crippen LogP contribution in [0.5, 0.6) is 0 Å². The van der Waals surface area contributed by atoms with Crippen LogP contribution in [-0.2, 0) is 19.9 Å². The number of pyridine rings is 2. The molecular formula is C23H21F2N5O3. The van der Waals surface area contributed by atoms with Crippen molar-refractivity contribution in [1.29, 1.82) is 5.26 Å². The SMILES string of the molecule is COC1(c2cc(C#N)cc(-c3cn([C@@H]4CC4(F)F)c4cnc(NC(C)=O)cc34)n2)CCOC1. The standard InChI is InChI=1S/C23H21F2N5O3/c1-13(31)28-21-7-15-16(11-30(18(15)10-27-21)20-8-23(20,24)25)17-5-14(9-26)6-19(29-17)22(32-2)3-4-33-12-22/h5-7,10-11,20H,3-4,8,12H2,1-2H3,(H,27,28,31)/t20-,22?/m1/s1. The highest BCUT2D eigenvalue weighted by Gasteiger charge is 2.58. The Kier molecular flexibility index (Phi) is 4.92. The summed E-state index contributed by atoms with van der Waals surface area (Å²) in [4.78, 5) is 20.5. The summed E-state index contributed by atoms with van der Waals surface area (Å²) in [6, 6.07) is 6.09. The van der Waals surface area contributed by atoms with Gasteiger partial charge in [-0.2, -0.15) is 5.26 Å². The van der Waals surface area contributed by atoms with E-state index in [-0.39, 0.29) is 12.3 Å². The number of hydrogen-bond acceptors (Lipinski definition) is 6. The van der Waals surface area contributed by atoms with Crippen LogP contribution in [0.4, 0.5) is 14.6 Å². The Morgan fingerprint density at radius 1 is 1.39 bits per heavy atom. The van der Waals surface area contributed by atoms with Crippen molar-refractivity contribution in [3.05, 3.63) is 41.9 Å². The minimum absolute atomic E-state index is 0.259. The van der Waals surface area contributed by atoms with Crippen LogP contribution in [-0.4, -0.2) is 46.7 Å². The number of fused-ring (bicyclic) bond motifs is 1. The average Bonchev–Trinajstić information content (AvgIpc) is 3.14. The van der Waals surface area contributed by atoms with E-state index >= 15 is 0 Å². The van der Waals surface area contributed by atoms with E-state index in [2.05, 4.69) is 16.4 Å². The highest BCUT2D eigenvalue weighted by molar-refractivity contribution is 5.98. The van der Waals surface area contributed by atoms with Crippen LogP contribution in [0.2, 0.25) is 0 Å². The Hall–Kier alpha value is -3.42. The third-order valence-corrected chi connectivity index (χ3v) is 6.23. The van der Waals surface area contributed by atoms with Crippen LogP contribution in [0.15, 0.2) is 30.6 Å². The molecule has 1 unspecified atom stereocenters. The minimum atomic E-state index is -2.80. The van der Waals surface area contributed by atoms with Crippen molar-refractivity contribution >= 4 is 22.6 Å². The van der Waals surface area contributed by atoms with Gasteiger partial charge in [0.15, 0.2) is 0 Å².